The Labute approximate surface area is 94.7 Å². The first kappa shape index (κ1) is 9.89. The van der Waals surface area contributed by atoms with Crippen molar-refractivity contribution >= 4 is 27.3 Å². The van der Waals surface area contributed by atoms with E-state index in [1.165, 1.54) is 0 Å². The molecule has 0 aliphatic carbocycles. The van der Waals surface area contributed by atoms with Gasteiger partial charge in [-0.2, -0.15) is 0 Å². The average Bonchev–Trinajstić information content (AvgIpc) is 2.73. The molecule has 5 heteroatoms. The van der Waals surface area contributed by atoms with Crippen LogP contribution in [0.25, 0.3) is 0 Å². The molecule has 1 unspecified atom stereocenters. The predicted molar refractivity (Wildman–Crippen MR) is 61.3 cm³/mol. The second kappa shape index (κ2) is 3.84. The van der Waals surface area contributed by atoms with Gasteiger partial charge in [-0.05, 0) is 32.9 Å². The van der Waals surface area contributed by atoms with Gasteiger partial charge in [0.2, 0.25) is 0 Å². The van der Waals surface area contributed by atoms with Gasteiger partial charge in [-0.1, -0.05) is 0 Å². The van der Waals surface area contributed by atoms with Crippen molar-refractivity contribution in [1.82, 2.24) is 9.55 Å². The average molecular weight is 272 g/mol. The van der Waals surface area contributed by atoms with Crippen molar-refractivity contribution in [2.75, 3.05) is 0 Å². The molecule has 74 valence electrons. The van der Waals surface area contributed by atoms with Crippen LogP contribution in [0.4, 0.5) is 0 Å². The summed E-state index contributed by atoms with van der Waals surface area (Å²) in [5, 5.41) is 2.05. The minimum Gasteiger partial charge on any atom is -0.336 e. The fourth-order valence-electron chi connectivity index (χ4n) is 1.31. The monoisotopic (exact) mass is 271 g/mol. The quantitative estimate of drug-likeness (QED) is 0.911. The number of aryl methyl sites for hydroxylation is 1. The maximum atomic E-state index is 6.08. The highest BCUT2D eigenvalue weighted by atomic mass is 79.9. The summed E-state index contributed by atoms with van der Waals surface area (Å²) in [6, 6.07) is 1.89. The van der Waals surface area contributed by atoms with Crippen LogP contribution in [0.3, 0.4) is 0 Å². The fourth-order valence-corrected chi connectivity index (χ4v) is 2.52. The molecule has 0 amide bonds. The van der Waals surface area contributed by atoms with E-state index >= 15 is 0 Å². The third kappa shape index (κ3) is 1.75. The fraction of sp³-hybridized carbons (Fsp3) is 0.222. The summed E-state index contributed by atoms with van der Waals surface area (Å²) >= 11 is 5.05. The van der Waals surface area contributed by atoms with Gasteiger partial charge in [-0.15, -0.1) is 11.3 Å². The molecule has 0 saturated carbocycles. The topological polar surface area (TPSA) is 43.8 Å². The van der Waals surface area contributed by atoms with E-state index in [9.17, 15) is 0 Å². The van der Waals surface area contributed by atoms with Crippen LogP contribution in [0.15, 0.2) is 27.6 Å². The maximum absolute atomic E-state index is 6.08. The molecule has 0 fully saturated rings. The Morgan fingerprint density at radius 3 is 2.93 bits per heavy atom. The summed E-state index contributed by atoms with van der Waals surface area (Å²) in [6.45, 7) is 0. The smallest absolute Gasteiger partial charge is 0.130 e. The summed E-state index contributed by atoms with van der Waals surface area (Å²) in [7, 11) is 1.95. The third-order valence-corrected chi connectivity index (χ3v) is 3.61. The van der Waals surface area contributed by atoms with Crippen molar-refractivity contribution in [2.45, 2.75) is 6.04 Å². The van der Waals surface area contributed by atoms with Gasteiger partial charge in [0.05, 0.1) is 9.83 Å². The second-order valence-electron chi connectivity index (χ2n) is 3.06. The minimum atomic E-state index is -0.141. The van der Waals surface area contributed by atoms with Gasteiger partial charge in [0, 0.05) is 19.4 Å². The molecule has 2 N–H and O–H groups in total. The standard InChI is InChI=1S/C9H10BrN3S/c1-13-3-2-12-9(13)8(11)6-4-7(10)14-5-6/h2-5,8H,11H2,1H3. The third-order valence-electron chi connectivity index (χ3n) is 2.08. The zero-order chi connectivity index (χ0) is 10.1. The van der Waals surface area contributed by atoms with Crippen LogP contribution in [-0.4, -0.2) is 9.55 Å². The molecule has 14 heavy (non-hydrogen) atoms. The first-order valence-corrected chi connectivity index (χ1v) is 5.82. The zero-order valence-electron chi connectivity index (χ0n) is 7.64. The lowest BCUT2D eigenvalue weighted by Gasteiger charge is -2.09. The van der Waals surface area contributed by atoms with Crippen LogP contribution in [0.2, 0.25) is 0 Å². The lowest BCUT2D eigenvalue weighted by molar-refractivity contribution is 0.718. The van der Waals surface area contributed by atoms with Crippen molar-refractivity contribution in [1.29, 1.82) is 0 Å². The van der Waals surface area contributed by atoms with Gasteiger partial charge >= 0.3 is 0 Å². The van der Waals surface area contributed by atoms with E-state index in [0.29, 0.717) is 0 Å². The number of hydrogen-bond acceptors (Lipinski definition) is 3. The molecule has 0 aromatic carbocycles. The Balaban J connectivity index is 2.33. The first-order chi connectivity index (χ1) is 6.68. The van der Waals surface area contributed by atoms with E-state index < -0.39 is 0 Å². The summed E-state index contributed by atoms with van der Waals surface area (Å²) in [4.78, 5) is 4.23. The number of rotatable bonds is 2. The molecule has 0 aliphatic heterocycles. The molecule has 2 aromatic heterocycles. The summed E-state index contributed by atoms with van der Waals surface area (Å²) in [6.07, 6.45) is 3.66. The number of thiophene rings is 1. The van der Waals surface area contributed by atoms with Crippen molar-refractivity contribution in [3.05, 3.63) is 39.0 Å². The largest absolute Gasteiger partial charge is 0.336 e. The number of halogens is 1. The van der Waals surface area contributed by atoms with E-state index in [4.69, 9.17) is 5.73 Å². The van der Waals surface area contributed by atoms with Crippen molar-refractivity contribution in [3.63, 3.8) is 0 Å². The molecule has 0 spiro atoms. The summed E-state index contributed by atoms with van der Waals surface area (Å²) in [5.41, 5.74) is 7.17. The molecular weight excluding hydrogens is 262 g/mol. The second-order valence-corrected chi connectivity index (χ2v) is 5.35. The summed E-state index contributed by atoms with van der Waals surface area (Å²) in [5.74, 6) is 0.885. The SMILES string of the molecule is Cn1ccnc1C(N)c1csc(Br)c1. The van der Waals surface area contributed by atoms with Crippen molar-refractivity contribution < 1.29 is 0 Å². The highest BCUT2D eigenvalue weighted by Crippen LogP contribution is 2.26. The van der Waals surface area contributed by atoms with E-state index in [2.05, 4.69) is 20.9 Å². The molecular formula is C9H10BrN3S. The van der Waals surface area contributed by atoms with Crippen molar-refractivity contribution in [3.8, 4) is 0 Å². The van der Waals surface area contributed by atoms with Crippen LogP contribution in [-0.2, 0) is 7.05 Å². The molecule has 0 radical (unpaired) electrons. The van der Waals surface area contributed by atoms with E-state index in [1.807, 2.05) is 29.3 Å². The Bertz CT molecular complexity index is 435. The van der Waals surface area contributed by atoms with Crippen molar-refractivity contribution in [2.24, 2.45) is 12.8 Å². The Morgan fingerprint density at radius 2 is 2.43 bits per heavy atom. The summed E-state index contributed by atoms with van der Waals surface area (Å²) < 4.78 is 3.04. The lowest BCUT2D eigenvalue weighted by Crippen LogP contribution is -2.15. The number of nitrogens with two attached hydrogens (primary N) is 1. The van der Waals surface area contributed by atoms with Crippen LogP contribution in [0.5, 0.6) is 0 Å². The highest BCUT2D eigenvalue weighted by molar-refractivity contribution is 9.11. The molecule has 2 heterocycles. The lowest BCUT2D eigenvalue weighted by atomic mass is 10.1. The first-order valence-electron chi connectivity index (χ1n) is 4.15. The minimum absolute atomic E-state index is 0.141. The number of aromatic nitrogens is 2. The van der Waals surface area contributed by atoms with Gasteiger partial charge < -0.3 is 10.3 Å². The van der Waals surface area contributed by atoms with E-state index in [0.717, 1.165) is 15.2 Å². The van der Waals surface area contributed by atoms with Gasteiger partial charge in [0.25, 0.3) is 0 Å². The maximum Gasteiger partial charge on any atom is 0.130 e. The highest BCUT2D eigenvalue weighted by Gasteiger charge is 2.14. The molecule has 0 bridgehead atoms. The number of hydrogen-bond donors (Lipinski definition) is 1. The number of nitrogens with zero attached hydrogens (tertiary/aromatic N) is 2. The van der Waals surface area contributed by atoms with Crippen LogP contribution >= 0.6 is 27.3 Å². The van der Waals surface area contributed by atoms with Gasteiger partial charge in [0.15, 0.2) is 0 Å². The molecule has 0 saturated heterocycles. The normalized spacial score (nSPS) is 13.1. The van der Waals surface area contributed by atoms with Gasteiger partial charge in [0.1, 0.15) is 5.82 Å². The van der Waals surface area contributed by atoms with Gasteiger partial charge in [-0.25, -0.2) is 4.98 Å². The van der Waals surface area contributed by atoms with Crippen LogP contribution in [0.1, 0.15) is 17.4 Å². The Hall–Kier alpha value is -0.650. The van der Waals surface area contributed by atoms with E-state index in [1.54, 1.807) is 17.5 Å². The predicted octanol–water partition coefficient (Wildman–Crippen LogP) is 2.29. The zero-order valence-corrected chi connectivity index (χ0v) is 10.0. The van der Waals surface area contributed by atoms with Crippen LogP contribution in [0, 0.1) is 0 Å². The van der Waals surface area contributed by atoms with E-state index in [-0.39, 0.29) is 6.04 Å². The molecule has 0 aliphatic rings. The van der Waals surface area contributed by atoms with Crippen LogP contribution < -0.4 is 5.73 Å². The molecule has 2 rings (SSSR count). The Kier molecular flexibility index (Phi) is 2.71. The molecule has 3 nitrogen and oxygen atoms in total. The Morgan fingerprint density at radius 1 is 1.64 bits per heavy atom. The van der Waals surface area contributed by atoms with Gasteiger partial charge in [-0.3, -0.25) is 0 Å². The number of imidazole rings is 1. The molecule has 2 aromatic rings. The molecule has 1 atom stereocenters.